The number of hydrogen-bond acceptors (Lipinski definition) is 3. The normalized spacial score (nSPS) is 15.6. The molecule has 0 aromatic heterocycles. The van der Waals surface area contributed by atoms with Crippen molar-refractivity contribution in [2.75, 3.05) is 6.61 Å². The van der Waals surface area contributed by atoms with Gasteiger partial charge in [-0.15, -0.1) is 0 Å². The monoisotopic (exact) mass is 264 g/mol. The Kier molecular flexibility index (Phi) is 5.55. The van der Waals surface area contributed by atoms with Crippen LogP contribution in [0.5, 0.6) is 0 Å². The molecule has 19 heavy (non-hydrogen) atoms. The lowest BCUT2D eigenvalue weighted by molar-refractivity contribution is -0.158. The second-order valence-electron chi connectivity index (χ2n) is 5.06. The van der Waals surface area contributed by atoms with Crippen molar-refractivity contribution in [3.8, 4) is 0 Å². The Labute approximate surface area is 115 Å². The average Bonchev–Trinajstić information content (AvgIpc) is 2.36. The quantitative estimate of drug-likeness (QED) is 0.803. The molecule has 3 heteroatoms. The molecule has 1 aromatic carbocycles. The summed E-state index contributed by atoms with van der Waals surface area (Å²) in [6, 6.07) is 7.62. The van der Waals surface area contributed by atoms with Crippen molar-refractivity contribution in [3.05, 3.63) is 35.4 Å². The third-order valence-corrected chi connectivity index (χ3v) is 3.52. The molecule has 0 amide bonds. The van der Waals surface area contributed by atoms with Crippen LogP contribution in [-0.2, 0) is 15.1 Å². The summed E-state index contributed by atoms with van der Waals surface area (Å²) in [5, 5.41) is 10.9. The van der Waals surface area contributed by atoms with E-state index in [-0.39, 0.29) is 5.97 Å². The first-order valence-electron chi connectivity index (χ1n) is 6.90. The lowest BCUT2D eigenvalue weighted by Crippen LogP contribution is -2.38. The molecule has 3 nitrogen and oxygen atoms in total. The number of rotatable bonds is 6. The first-order valence-corrected chi connectivity index (χ1v) is 6.90. The summed E-state index contributed by atoms with van der Waals surface area (Å²) in [7, 11) is 0. The molecule has 0 heterocycles. The van der Waals surface area contributed by atoms with Gasteiger partial charge < -0.3 is 9.84 Å². The van der Waals surface area contributed by atoms with Gasteiger partial charge in [0, 0.05) is 0 Å². The number of esters is 1. The molecule has 0 fully saturated rings. The molecule has 0 spiro atoms. The predicted molar refractivity (Wildman–Crippen MR) is 75.8 cm³/mol. The van der Waals surface area contributed by atoms with Gasteiger partial charge in [0.2, 0.25) is 0 Å². The first kappa shape index (κ1) is 15.7. The lowest BCUT2D eigenvalue weighted by Gasteiger charge is -2.32. The highest BCUT2D eigenvalue weighted by Crippen LogP contribution is 2.35. The third kappa shape index (κ3) is 3.57. The van der Waals surface area contributed by atoms with Crippen LogP contribution < -0.4 is 0 Å². The van der Waals surface area contributed by atoms with E-state index >= 15 is 0 Å². The van der Waals surface area contributed by atoms with Gasteiger partial charge in [-0.3, -0.25) is 4.79 Å². The minimum Gasteiger partial charge on any atom is -0.466 e. The molecule has 1 aromatic rings. The fraction of sp³-hybridized carbons (Fsp3) is 0.562. The highest BCUT2D eigenvalue weighted by molar-refractivity contribution is 5.74. The molecule has 1 rings (SSSR count). The standard InChI is InChI=1S/C16H24O3/c1-5-9-14(15(17)19-6-2)16(4,18)13-11-8-7-10-12(13)3/h7-8,10-11,14,18H,5-6,9H2,1-4H3. The van der Waals surface area contributed by atoms with E-state index < -0.39 is 11.5 Å². The molecule has 106 valence electrons. The van der Waals surface area contributed by atoms with Gasteiger partial charge in [0.05, 0.1) is 12.5 Å². The SMILES string of the molecule is CCCC(C(=O)OCC)C(C)(O)c1ccccc1C. The lowest BCUT2D eigenvalue weighted by atomic mass is 9.78. The maximum absolute atomic E-state index is 12.1. The average molecular weight is 264 g/mol. The zero-order chi connectivity index (χ0) is 14.5. The smallest absolute Gasteiger partial charge is 0.312 e. The Balaban J connectivity index is 3.12. The maximum atomic E-state index is 12.1. The van der Waals surface area contributed by atoms with E-state index in [9.17, 15) is 9.90 Å². The zero-order valence-electron chi connectivity index (χ0n) is 12.3. The van der Waals surface area contributed by atoms with Gasteiger partial charge in [-0.25, -0.2) is 0 Å². The molecular formula is C16H24O3. The molecule has 1 N–H and O–H groups in total. The molecule has 0 aliphatic carbocycles. The summed E-state index contributed by atoms with van der Waals surface area (Å²) in [6.45, 7) is 7.76. The van der Waals surface area contributed by atoms with Crippen LogP contribution in [-0.4, -0.2) is 17.7 Å². The number of aryl methyl sites for hydroxylation is 1. The van der Waals surface area contributed by atoms with E-state index in [0.29, 0.717) is 13.0 Å². The number of aliphatic hydroxyl groups is 1. The van der Waals surface area contributed by atoms with Crippen LogP contribution in [0, 0.1) is 12.8 Å². The summed E-state index contributed by atoms with van der Waals surface area (Å²) in [5.41, 5.74) is 0.576. The summed E-state index contributed by atoms with van der Waals surface area (Å²) < 4.78 is 5.11. The fourth-order valence-corrected chi connectivity index (χ4v) is 2.49. The zero-order valence-corrected chi connectivity index (χ0v) is 12.3. The summed E-state index contributed by atoms with van der Waals surface area (Å²) in [6.07, 6.45) is 1.44. The van der Waals surface area contributed by atoms with E-state index in [1.165, 1.54) is 0 Å². The van der Waals surface area contributed by atoms with Crippen molar-refractivity contribution in [2.45, 2.75) is 46.1 Å². The maximum Gasteiger partial charge on any atom is 0.312 e. The number of ether oxygens (including phenoxy) is 1. The van der Waals surface area contributed by atoms with Crippen LogP contribution in [0.2, 0.25) is 0 Å². The van der Waals surface area contributed by atoms with Crippen LogP contribution in [0.25, 0.3) is 0 Å². The van der Waals surface area contributed by atoms with Crippen LogP contribution in [0.3, 0.4) is 0 Å². The van der Waals surface area contributed by atoms with Crippen molar-refractivity contribution in [1.29, 1.82) is 0 Å². The van der Waals surface area contributed by atoms with Gasteiger partial charge in [0.25, 0.3) is 0 Å². The van der Waals surface area contributed by atoms with E-state index in [0.717, 1.165) is 17.5 Å². The van der Waals surface area contributed by atoms with Crippen molar-refractivity contribution >= 4 is 5.97 Å². The Hall–Kier alpha value is -1.35. The summed E-state index contributed by atoms with van der Waals surface area (Å²) >= 11 is 0. The largest absolute Gasteiger partial charge is 0.466 e. The highest BCUT2D eigenvalue weighted by atomic mass is 16.5. The number of hydrogen-bond donors (Lipinski definition) is 1. The third-order valence-electron chi connectivity index (χ3n) is 3.52. The Bertz CT molecular complexity index is 424. The van der Waals surface area contributed by atoms with E-state index in [1.807, 2.05) is 38.1 Å². The molecule has 0 bridgehead atoms. The topological polar surface area (TPSA) is 46.5 Å². The molecule has 0 aliphatic heterocycles. The Morgan fingerprint density at radius 3 is 2.53 bits per heavy atom. The summed E-state index contributed by atoms with van der Waals surface area (Å²) in [4.78, 5) is 12.1. The van der Waals surface area contributed by atoms with Gasteiger partial charge >= 0.3 is 5.97 Å². The molecular weight excluding hydrogens is 240 g/mol. The Morgan fingerprint density at radius 2 is 2.00 bits per heavy atom. The van der Waals surface area contributed by atoms with Crippen LogP contribution >= 0.6 is 0 Å². The molecule has 2 unspecified atom stereocenters. The minimum absolute atomic E-state index is 0.322. The highest BCUT2D eigenvalue weighted by Gasteiger charge is 2.39. The van der Waals surface area contributed by atoms with Gasteiger partial charge in [-0.2, -0.15) is 0 Å². The van der Waals surface area contributed by atoms with Gasteiger partial charge in [0.1, 0.15) is 5.60 Å². The van der Waals surface area contributed by atoms with E-state index in [1.54, 1.807) is 13.8 Å². The fourth-order valence-electron chi connectivity index (χ4n) is 2.49. The molecule has 0 saturated heterocycles. The second kappa shape index (κ2) is 6.71. The van der Waals surface area contributed by atoms with Crippen molar-refractivity contribution < 1.29 is 14.6 Å². The van der Waals surface area contributed by atoms with Gasteiger partial charge in [0.15, 0.2) is 0 Å². The van der Waals surface area contributed by atoms with E-state index in [2.05, 4.69) is 0 Å². The van der Waals surface area contributed by atoms with Crippen molar-refractivity contribution in [1.82, 2.24) is 0 Å². The molecule has 0 saturated carbocycles. The van der Waals surface area contributed by atoms with Crippen molar-refractivity contribution in [3.63, 3.8) is 0 Å². The van der Waals surface area contributed by atoms with Gasteiger partial charge in [-0.05, 0) is 38.3 Å². The minimum atomic E-state index is -1.20. The second-order valence-corrected chi connectivity index (χ2v) is 5.06. The summed E-state index contributed by atoms with van der Waals surface area (Å²) in [5.74, 6) is -0.851. The number of carbonyl (C=O) groups is 1. The molecule has 0 radical (unpaired) electrons. The Morgan fingerprint density at radius 1 is 1.37 bits per heavy atom. The first-order chi connectivity index (χ1) is 8.95. The van der Waals surface area contributed by atoms with Gasteiger partial charge in [-0.1, -0.05) is 37.6 Å². The molecule has 2 atom stereocenters. The van der Waals surface area contributed by atoms with Crippen LogP contribution in [0.1, 0.15) is 44.7 Å². The number of carbonyl (C=O) groups excluding carboxylic acids is 1. The molecule has 0 aliphatic rings. The number of benzene rings is 1. The van der Waals surface area contributed by atoms with E-state index in [4.69, 9.17) is 4.74 Å². The predicted octanol–water partition coefficient (Wildman–Crippen LogP) is 3.18. The van der Waals surface area contributed by atoms with Crippen LogP contribution in [0.15, 0.2) is 24.3 Å². The van der Waals surface area contributed by atoms with Crippen molar-refractivity contribution in [2.24, 2.45) is 5.92 Å². The van der Waals surface area contributed by atoms with Crippen LogP contribution in [0.4, 0.5) is 0 Å².